The number of para-hydroxylation sites is 1. The Balaban J connectivity index is 1.70. The summed E-state index contributed by atoms with van der Waals surface area (Å²) in [6.45, 7) is 1.30. The lowest BCUT2D eigenvalue weighted by Crippen LogP contribution is -2.41. The van der Waals surface area contributed by atoms with Gasteiger partial charge in [-0.1, -0.05) is 60.7 Å². The molecule has 0 radical (unpaired) electrons. The lowest BCUT2D eigenvalue weighted by molar-refractivity contribution is -0.144. The molecule has 3 aromatic carbocycles. The van der Waals surface area contributed by atoms with Crippen molar-refractivity contribution in [2.24, 2.45) is 5.92 Å². The van der Waals surface area contributed by atoms with Crippen LogP contribution in [0.1, 0.15) is 41.1 Å². The summed E-state index contributed by atoms with van der Waals surface area (Å²) in [6, 6.07) is 21.8. The predicted molar refractivity (Wildman–Crippen MR) is 122 cm³/mol. The van der Waals surface area contributed by atoms with Gasteiger partial charge in [-0.2, -0.15) is 13.2 Å². The minimum Gasteiger partial charge on any atom is -0.489 e. The number of nitrogens with zero attached hydrogens (tertiary/aromatic N) is 1. The zero-order chi connectivity index (χ0) is 24.1. The Labute approximate surface area is 196 Å². The van der Waals surface area contributed by atoms with E-state index in [9.17, 15) is 23.1 Å². The zero-order valence-electron chi connectivity index (χ0n) is 18.5. The van der Waals surface area contributed by atoms with Gasteiger partial charge in [0, 0.05) is 12.1 Å². The molecule has 4 nitrogen and oxygen atoms in total. The zero-order valence-corrected chi connectivity index (χ0v) is 18.5. The summed E-state index contributed by atoms with van der Waals surface area (Å²) in [5.74, 6) is -0.763. The van der Waals surface area contributed by atoms with Gasteiger partial charge in [-0.25, -0.2) is 0 Å². The predicted octanol–water partition coefficient (Wildman–Crippen LogP) is 6.17. The lowest BCUT2D eigenvalue weighted by Gasteiger charge is -2.38. The van der Waals surface area contributed by atoms with Crippen LogP contribution >= 0.6 is 0 Å². The first-order valence-electron chi connectivity index (χ1n) is 11.2. The number of benzene rings is 3. The SMILES string of the molecule is O=C(O)C1CCCN(C(c2ccc(C(F)(F)F)cc2)c2ccccc2OCc2ccccc2)C1. The van der Waals surface area contributed by atoms with Crippen molar-refractivity contribution in [3.05, 3.63) is 101 Å². The Morgan fingerprint density at radius 3 is 2.35 bits per heavy atom. The van der Waals surface area contributed by atoms with Crippen LogP contribution in [0.15, 0.2) is 78.9 Å². The number of piperidine rings is 1. The van der Waals surface area contributed by atoms with E-state index in [4.69, 9.17) is 4.74 Å². The molecule has 1 heterocycles. The average Bonchev–Trinajstić information content (AvgIpc) is 2.84. The molecule has 2 unspecified atom stereocenters. The molecule has 1 N–H and O–H groups in total. The number of carbonyl (C=O) groups is 1. The molecule has 34 heavy (non-hydrogen) atoms. The number of hydrogen-bond acceptors (Lipinski definition) is 3. The topological polar surface area (TPSA) is 49.8 Å². The quantitative estimate of drug-likeness (QED) is 0.450. The summed E-state index contributed by atoms with van der Waals surface area (Å²) < 4.78 is 45.7. The minimum absolute atomic E-state index is 0.314. The largest absolute Gasteiger partial charge is 0.489 e. The molecule has 0 aliphatic carbocycles. The number of halogens is 3. The van der Waals surface area contributed by atoms with Gasteiger partial charge in [0.1, 0.15) is 12.4 Å². The smallest absolute Gasteiger partial charge is 0.416 e. The first kappa shape index (κ1) is 23.8. The van der Waals surface area contributed by atoms with Gasteiger partial charge in [-0.3, -0.25) is 9.69 Å². The molecule has 1 fully saturated rings. The van der Waals surface area contributed by atoms with Gasteiger partial charge in [0.05, 0.1) is 17.5 Å². The van der Waals surface area contributed by atoms with Gasteiger partial charge in [0.25, 0.3) is 0 Å². The standard InChI is InChI=1S/C27H26F3NO3/c28-27(29,30)22-14-12-20(13-15-22)25(31-16-6-9-21(17-31)26(32)33)23-10-4-5-11-24(23)34-18-19-7-2-1-3-8-19/h1-5,7-8,10-15,21,25H,6,9,16-18H2,(H,32,33). The van der Waals surface area contributed by atoms with E-state index in [1.807, 2.05) is 59.5 Å². The number of alkyl halides is 3. The van der Waals surface area contributed by atoms with Gasteiger partial charge in [-0.15, -0.1) is 0 Å². The maximum atomic E-state index is 13.2. The van der Waals surface area contributed by atoms with Crippen molar-refractivity contribution in [2.45, 2.75) is 31.7 Å². The van der Waals surface area contributed by atoms with E-state index in [1.54, 1.807) is 0 Å². The number of aliphatic carboxylic acids is 1. The van der Waals surface area contributed by atoms with E-state index in [-0.39, 0.29) is 0 Å². The molecular formula is C27H26F3NO3. The maximum absolute atomic E-state index is 13.2. The fraction of sp³-hybridized carbons (Fsp3) is 0.296. The van der Waals surface area contributed by atoms with Crippen LogP contribution in [-0.4, -0.2) is 29.1 Å². The fourth-order valence-corrected chi connectivity index (χ4v) is 4.46. The molecule has 4 rings (SSSR count). The van der Waals surface area contributed by atoms with Gasteiger partial charge >= 0.3 is 12.1 Å². The highest BCUT2D eigenvalue weighted by Gasteiger charge is 2.34. The fourth-order valence-electron chi connectivity index (χ4n) is 4.46. The second-order valence-electron chi connectivity index (χ2n) is 8.51. The monoisotopic (exact) mass is 469 g/mol. The van der Waals surface area contributed by atoms with Crippen LogP contribution in [0.4, 0.5) is 13.2 Å². The molecule has 0 spiro atoms. The van der Waals surface area contributed by atoms with Crippen LogP contribution in [0, 0.1) is 5.92 Å². The Morgan fingerprint density at radius 2 is 1.68 bits per heavy atom. The molecule has 0 saturated carbocycles. The van der Waals surface area contributed by atoms with Crippen molar-refractivity contribution >= 4 is 5.97 Å². The highest BCUT2D eigenvalue weighted by atomic mass is 19.4. The summed E-state index contributed by atoms with van der Waals surface area (Å²) >= 11 is 0. The van der Waals surface area contributed by atoms with Crippen LogP contribution < -0.4 is 4.74 Å². The molecule has 7 heteroatoms. The molecule has 0 amide bonds. The van der Waals surface area contributed by atoms with Crippen molar-refractivity contribution in [3.63, 3.8) is 0 Å². The van der Waals surface area contributed by atoms with E-state index < -0.39 is 29.7 Å². The van der Waals surface area contributed by atoms with Crippen molar-refractivity contribution in [1.29, 1.82) is 0 Å². The molecule has 1 aliphatic heterocycles. The van der Waals surface area contributed by atoms with Crippen molar-refractivity contribution in [3.8, 4) is 5.75 Å². The van der Waals surface area contributed by atoms with Crippen LogP contribution in [0.5, 0.6) is 5.75 Å². The Morgan fingerprint density at radius 1 is 1.00 bits per heavy atom. The van der Waals surface area contributed by atoms with E-state index in [1.165, 1.54) is 12.1 Å². The summed E-state index contributed by atoms with van der Waals surface area (Å²) in [4.78, 5) is 13.7. The minimum atomic E-state index is -4.43. The van der Waals surface area contributed by atoms with E-state index in [2.05, 4.69) is 0 Å². The van der Waals surface area contributed by atoms with Crippen LogP contribution in [-0.2, 0) is 17.6 Å². The van der Waals surface area contributed by atoms with Crippen LogP contribution in [0.2, 0.25) is 0 Å². The van der Waals surface area contributed by atoms with E-state index in [0.717, 1.165) is 23.3 Å². The molecule has 3 aromatic rings. The van der Waals surface area contributed by atoms with Crippen LogP contribution in [0.3, 0.4) is 0 Å². The van der Waals surface area contributed by atoms with Gasteiger partial charge in [0.15, 0.2) is 0 Å². The molecule has 1 saturated heterocycles. The maximum Gasteiger partial charge on any atom is 0.416 e. The third-order valence-corrected chi connectivity index (χ3v) is 6.17. The second-order valence-corrected chi connectivity index (χ2v) is 8.51. The summed E-state index contributed by atoms with van der Waals surface area (Å²) in [7, 11) is 0. The molecule has 1 aliphatic rings. The van der Waals surface area contributed by atoms with Crippen molar-refractivity contribution < 1.29 is 27.8 Å². The molecule has 0 aromatic heterocycles. The number of ether oxygens (including phenoxy) is 1. The Bertz CT molecular complexity index is 1100. The van der Waals surface area contributed by atoms with Gasteiger partial charge < -0.3 is 9.84 Å². The first-order chi connectivity index (χ1) is 16.3. The third-order valence-electron chi connectivity index (χ3n) is 6.17. The molecule has 178 valence electrons. The van der Waals surface area contributed by atoms with Crippen molar-refractivity contribution in [2.75, 3.05) is 13.1 Å². The van der Waals surface area contributed by atoms with Gasteiger partial charge in [-0.05, 0) is 48.7 Å². The second kappa shape index (κ2) is 10.3. The summed E-state index contributed by atoms with van der Waals surface area (Å²) in [5.41, 5.74) is 1.73. The highest BCUT2D eigenvalue weighted by Crippen LogP contribution is 2.39. The lowest BCUT2D eigenvalue weighted by atomic mass is 9.90. The van der Waals surface area contributed by atoms with Crippen LogP contribution in [0.25, 0.3) is 0 Å². The first-order valence-corrected chi connectivity index (χ1v) is 11.2. The average molecular weight is 470 g/mol. The Kier molecular flexibility index (Phi) is 7.22. The molecular weight excluding hydrogens is 443 g/mol. The number of carboxylic acids is 1. The summed E-state index contributed by atoms with van der Waals surface area (Å²) in [6.07, 6.45) is -3.15. The number of rotatable bonds is 7. The van der Waals surface area contributed by atoms with E-state index in [0.29, 0.717) is 43.9 Å². The van der Waals surface area contributed by atoms with Gasteiger partial charge in [0.2, 0.25) is 0 Å². The Hall–Kier alpha value is -3.32. The normalized spacial score (nSPS) is 17.8. The number of carboxylic acid groups (broad SMARTS) is 1. The third kappa shape index (κ3) is 5.59. The summed E-state index contributed by atoms with van der Waals surface area (Å²) in [5, 5.41) is 9.59. The number of likely N-dealkylation sites (tertiary alicyclic amines) is 1. The number of hydrogen-bond donors (Lipinski definition) is 1. The molecule has 0 bridgehead atoms. The molecule has 2 atom stereocenters. The van der Waals surface area contributed by atoms with Crippen molar-refractivity contribution in [1.82, 2.24) is 4.90 Å². The van der Waals surface area contributed by atoms with E-state index >= 15 is 0 Å². The highest BCUT2D eigenvalue weighted by molar-refractivity contribution is 5.70.